The number of aryl methyl sites for hydroxylation is 1. The van der Waals surface area contributed by atoms with Crippen molar-refractivity contribution in [3.8, 4) is 5.75 Å². The number of amides is 1. The van der Waals surface area contributed by atoms with E-state index in [2.05, 4.69) is 5.32 Å². The highest BCUT2D eigenvalue weighted by atomic mass is 32.2. The fourth-order valence-electron chi connectivity index (χ4n) is 4.55. The molecule has 2 aliphatic carbocycles. The van der Waals surface area contributed by atoms with Crippen LogP contribution in [0.1, 0.15) is 69.8 Å². The summed E-state index contributed by atoms with van der Waals surface area (Å²) in [5, 5.41) is 3.08. The number of hydrogen-bond donors (Lipinski definition) is 1. The first-order valence-electron chi connectivity index (χ1n) is 10.9. The van der Waals surface area contributed by atoms with Crippen molar-refractivity contribution < 1.29 is 17.9 Å². The molecular weight excluding hydrogens is 388 g/mol. The van der Waals surface area contributed by atoms with Gasteiger partial charge in [-0.1, -0.05) is 44.6 Å². The fraction of sp³-hybridized carbons (Fsp3) is 0.682. The van der Waals surface area contributed by atoms with E-state index >= 15 is 0 Å². The van der Waals surface area contributed by atoms with Crippen LogP contribution in [0.3, 0.4) is 0 Å². The van der Waals surface area contributed by atoms with Crippen LogP contribution in [-0.4, -0.2) is 44.4 Å². The molecule has 0 aliphatic heterocycles. The number of hydrogen-bond acceptors (Lipinski definition) is 4. The zero-order valence-corrected chi connectivity index (χ0v) is 18.5. The molecule has 0 radical (unpaired) electrons. The van der Waals surface area contributed by atoms with Crippen molar-refractivity contribution in [2.24, 2.45) is 0 Å². The third kappa shape index (κ3) is 5.51. The molecule has 7 heteroatoms. The Kier molecular flexibility index (Phi) is 7.57. The van der Waals surface area contributed by atoms with Gasteiger partial charge in [-0.15, -0.1) is 0 Å². The molecule has 162 valence electrons. The minimum Gasteiger partial charge on any atom is -0.495 e. The zero-order chi connectivity index (χ0) is 20.9. The van der Waals surface area contributed by atoms with Gasteiger partial charge in [-0.25, -0.2) is 8.42 Å². The molecule has 6 nitrogen and oxygen atoms in total. The average molecular weight is 423 g/mol. The van der Waals surface area contributed by atoms with Crippen LogP contribution in [0.2, 0.25) is 0 Å². The largest absolute Gasteiger partial charge is 0.495 e. The Hall–Kier alpha value is -1.60. The van der Waals surface area contributed by atoms with E-state index in [0.29, 0.717) is 5.75 Å². The second-order valence-electron chi connectivity index (χ2n) is 8.40. The molecular formula is C22H34N2O4S. The van der Waals surface area contributed by atoms with Crippen molar-refractivity contribution in [2.75, 3.05) is 13.7 Å². The number of carbonyl (C=O) groups excluding carboxylic acids is 1. The fourth-order valence-corrected chi connectivity index (χ4v) is 6.44. The number of sulfonamides is 1. The third-order valence-corrected chi connectivity index (χ3v) is 8.08. The van der Waals surface area contributed by atoms with Gasteiger partial charge in [0.25, 0.3) is 0 Å². The lowest BCUT2D eigenvalue weighted by Gasteiger charge is -2.34. The van der Waals surface area contributed by atoms with Crippen molar-refractivity contribution in [1.29, 1.82) is 0 Å². The van der Waals surface area contributed by atoms with Gasteiger partial charge < -0.3 is 10.1 Å². The standard InChI is InChI=1S/C22H34N2O4S/c1-17-13-14-20(28-2)21(15-17)29(26,27)24(19-11-7-4-8-12-19)16-22(25)23-18-9-5-3-6-10-18/h13-15,18-19H,3-12,16H2,1-2H3,(H,23,25). The van der Waals surface area contributed by atoms with Crippen LogP contribution in [0, 0.1) is 6.92 Å². The first-order chi connectivity index (χ1) is 13.9. The molecule has 29 heavy (non-hydrogen) atoms. The lowest BCUT2D eigenvalue weighted by atomic mass is 9.95. The summed E-state index contributed by atoms with van der Waals surface area (Å²) in [6.45, 7) is 1.74. The van der Waals surface area contributed by atoms with Crippen LogP contribution < -0.4 is 10.1 Å². The monoisotopic (exact) mass is 422 g/mol. The Balaban J connectivity index is 1.86. The third-order valence-electron chi connectivity index (χ3n) is 6.16. The second-order valence-corrected chi connectivity index (χ2v) is 10.3. The van der Waals surface area contributed by atoms with Crippen LogP contribution in [0.5, 0.6) is 5.75 Å². The number of methoxy groups -OCH3 is 1. The summed E-state index contributed by atoms with van der Waals surface area (Å²) in [6, 6.07) is 5.18. The van der Waals surface area contributed by atoms with E-state index in [0.717, 1.165) is 63.4 Å². The van der Waals surface area contributed by atoms with Crippen molar-refractivity contribution >= 4 is 15.9 Å². The average Bonchev–Trinajstić information content (AvgIpc) is 2.73. The second kappa shape index (κ2) is 9.94. The molecule has 2 saturated carbocycles. The maximum Gasteiger partial charge on any atom is 0.247 e. The van der Waals surface area contributed by atoms with E-state index in [-0.39, 0.29) is 29.4 Å². The van der Waals surface area contributed by atoms with Crippen molar-refractivity contribution in [3.05, 3.63) is 23.8 Å². The van der Waals surface area contributed by atoms with Crippen molar-refractivity contribution in [3.63, 3.8) is 0 Å². The van der Waals surface area contributed by atoms with E-state index in [1.807, 2.05) is 13.0 Å². The number of ether oxygens (including phenoxy) is 1. The number of carbonyl (C=O) groups is 1. The van der Waals surface area contributed by atoms with Gasteiger partial charge in [-0.05, 0) is 50.3 Å². The molecule has 0 bridgehead atoms. The van der Waals surface area contributed by atoms with E-state index in [9.17, 15) is 13.2 Å². The molecule has 1 aromatic rings. The van der Waals surface area contributed by atoms with Crippen LogP contribution in [0.15, 0.2) is 23.1 Å². The Morgan fingerprint density at radius 1 is 1.07 bits per heavy atom. The SMILES string of the molecule is COc1ccc(C)cc1S(=O)(=O)N(CC(=O)NC1CCCCC1)C1CCCCC1. The Morgan fingerprint density at radius 2 is 1.69 bits per heavy atom. The van der Waals surface area contributed by atoms with Crippen molar-refractivity contribution in [1.82, 2.24) is 9.62 Å². The molecule has 0 aromatic heterocycles. The van der Waals surface area contributed by atoms with E-state index < -0.39 is 10.0 Å². The molecule has 0 heterocycles. The van der Waals surface area contributed by atoms with Gasteiger partial charge in [-0.2, -0.15) is 4.31 Å². The van der Waals surface area contributed by atoms with E-state index in [1.54, 1.807) is 12.1 Å². The summed E-state index contributed by atoms with van der Waals surface area (Å²) < 4.78 is 34.1. The Bertz CT molecular complexity index is 797. The molecule has 0 saturated heterocycles. The Labute approximate surface area is 175 Å². The van der Waals surface area contributed by atoms with Gasteiger partial charge in [0.05, 0.1) is 13.7 Å². The number of benzene rings is 1. The van der Waals surface area contributed by atoms with Crippen LogP contribution >= 0.6 is 0 Å². The predicted molar refractivity (Wildman–Crippen MR) is 114 cm³/mol. The molecule has 1 amide bonds. The van der Waals surface area contributed by atoms with Gasteiger partial charge in [0.15, 0.2) is 0 Å². The van der Waals surface area contributed by atoms with Gasteiger partial charge in [0.1, 0.15) is 10.6 Å². The molecule has 0 atom stereocenters. The van der Waals surface area contributed by atoms with Crippen LogP contribution in [0.25, 0.3) is 0 Å². The van der Waals surface area contributed by atoms with Gasteiger partial charge >= 0.3 is 0 Å². The quantitative estimate of drug-likeness (QED) is 0.726. The van der Waals surface area contributed by atoms with Crippen molar-refractivity contribution in [2.45, 2.75) is 88.1 Å². The summed E-state index contributed by atoms with van der Waals surface area (Å²) in [5.41, 5.74) is 0.847. The summed E-state index contributed by atoms with van der Waals surface area (Å²) in [7, 11) is -2.38. The summed E-state index contributed by atoms with van der Waals surface area (Å²) in [4.78, 5) is 13.0. The summed E-state index contributed by atoms with van der Waals surface area (Å²) in [5.74, 6) is 0.127. The molecule has 0 spiro atoms. The minimum absolute atomic E-state index is 0.124. The van der Waals surface area contributed by atoms with E-state index in [1.165, 1.54) is 17.8 Å². The normalized spacial score (nSPS) is 19.3. The predicted octanol–water partition coefficient (Wildman–Crippen LogP) is 3.78. The minimum atomic E-state index is -3.85. The van der Waals surface area contributed by atoms with Gasteiger partial charge in [-0.3, -0.25) is 4.79 Å². The summed E-state index contributed by atoms with van der Waals surface area (Å²) in [6.07, 6.45) is 10.1. The lowest BCUT2D eigenvalue weighted by Crippen LogP contribution is -2.49. The molecule has 1 N–H and O–H groups in total. The highest BCUT2D eigenvalue weighted by Gasteiger charge is 2.36. The van der Waals surface area contributed by atoms with E-state index in [4.69, 9.17) is 4.74 Å². The smallest absolute Gasteiger partial charge is 0.247 e. The highest BCUT2D eigenvalue weighted by molar-refractivity contribution is 7.89. The molecule has 2 aliphatic rings. The summed E-state index contributed by atoms with van der Waals surface area (Å²) >= 11 is 0. The van der Waals surface area contributed by atoms with Crippen LogP contribution in [-0.2, 0) is 14.8 Å². The first kappa shape index (κ1) is 22.1. The topological polar surface area (TPSA) is 75.7 Å². The molecule has 3 rings (SSSR count). The Morgan fingerprint density at radius 3 is 2.31 bits per heavy atom. The highest BCUT2D eigenvalue weighted by Crippen LogP contribution is 2.32. The maximum absolute atomic E-state index is 13.7. The first-order valence-corrected chi connectivity index (χ1v) is 12.3. The number of nitrogens with one attached hydrogen (secondary N) is 1. The maximum atomic E-state index is 13.7. The molecule has 2 fully saturated rings. The lowest BCUT2D eigenvalue weighted by molar-refractivity contribution is -0.122. The number of rotatable bonds is 7. The van der Waals surface area contributed by atoms with Gasteiger partial charge in [0, 0.05) is 12.1 Å². The van der Waals surface area contributed by atoms with Crippen LogP contribution in [0.4, 0.5) is 0 Å². The number of nitrogens with zero attached hydrogens (tertiary/aromatic N) is 1. The zero-order valence-electron chi connectivity index (χ0n) is 17.7. The van der Waals surface area contributed by atoms with Gasteiger partial charge in [0.2, 0.25) is 15.9 Å². The molecule has 1 aromatic carbocycles. The molecule has 0 unspecified atom stereocenters.